The van der Waals surface area contributed by atoms with Crippen LogP contribution in [-0.4, -0.2) is 34.4 Å². The van der Waals surface area contributed by atoms with Crippen molar-refractivity contribution < 1.29 is 9.55 Å². The summed E-state index contributed by atoms with van der Waals surface area (Å²) in [6.07, 6.45) is 2.33. The molecule has 0 saturated carbocycles. The monoisotopic (exact) mass is 291 g/mol. The molecular formula is C13H17N5O3. The van der Waals surface area contributed by atoms with Gasteiger partial charge in [0.2, 0.25) is 5.52 Å². The second-order valence-corrected chi connectivity index (χ2v) is 5.39. The Labute approximate surface area is 121 Å². The van der Waals surface area contributed by atoms with E-state index in [1.807, 2.05) is 0 Å². The molecule has 8 nitrogen and oxygen atoms in total. The summed E-state index contributed by atoms with van der Waals surface area (Å²) < 4.78 is 4.67. The van der Waals surface area contributed by atoms with Crippen molar-refractivity contribution in [2.75, 3.05) is 18.4 Å². The van der Waals surface area contributed by atoms with E-state index in [-0.39, 0.29) is 17.2 Å². The van der Waals surface area contributed by atoms with Crippen molar-refractivity contribution in [3.05, 3.63) is 22.2 Å². The highest BCUT2D eigenvalue weighted by molar-refractivity contribution is 5.93. The van der Waals surface area contributed by atoms with Crippen molar-refractivity contribution in [1.82, 2.24) is 15.6 Å². The molecule has 0 aliphatic carbocycles. The van der Waals surface area contributed by atoms with Crippen LogP contribution >= 0.6 is 0 Å². The molecule has 112 valence electrons. The lowest BCUT2D eigenvalue weighted by atomic mass is 9.92. The number of hydrogen-bond acceptors (Lipinski definition) is 7. The predicted octanol–water partition coefficient (Wildman–Crippen LogP) is 1.93. The summed E-state index contributed by atoms with van der Waals surface area (Å²) in [5.41, 5.74) is 1.21. The second-order valence-electron chi connectivity index (χ2n) is 5.39. The Morgan fingerprint density at radius 1 is 1.48 bits per heavy atom. The van der Waals surface area contributed by atoms with Crippen LogP contribution in [0.1, 0.15) is 19.8 Å². The number of nitrogens with zero attached hydrogens (tertiary/aromatic N) is 3. The molecule has 1 aromatic carbocycles. The second kappa shape index (κ2) is 5.65. The molecule has 1 saturated heterocycles. The third-order valence-electron chi connectivity index (χ3n) is 4.02. The first kappa shape index (κ1) is 13.7. The first-order chi connectivity index (χ1) is 10.2. The van der Waals surface area contributed by atoms with E-state index in [4.69, 9.17) is 0 Å². The maximum atomic E-state index is 11.0. The minimum absolute atomic E-state index is 0.0937. The fourth-order valence-corrected chi connectivity index (χ4v) is 2.79. The highest BCUT2D eigenvalue weighted by Gasteiger charge is 2.23. The number of fused-ring (bicyclic) bond motifs is 1. The van der Waals surface area contributed by atoms with E-state index in [0.29, 0.717) is 11.4 Å². The molecule has 0 spiro atoms. The number of piperidine rings is 1. The van der Waals surface area contributed by atoms with E-state index in [1.54, 1.807) is 6.07 Å². The molecule has 0 radical (unpaired) electrons. The molecule has 2 unspecified atom stereocenters. The average Bonchev–Trinajstić information content (AvgIpc) is 2.98. The van der Waals surface area contributed by atoms with Gasteiger partial charge in [-0.05, 0) is 55.2 Å². The summed E-state index contributed by atoms with van der Waals surface area (Å²) in [4.78, 5) is 10.5. The highest BCUT2D eigenvalue weighted by atomic mass is 16.6. The Balaban J connectivity index is 1.85. The van der Waals surface area contributed by atoms with Crippen LogP contribution in [0.2, 0.25) is 0 Å². The van der Waals surface area contributed by atoms with E-state index in [0.717, 1.165) is 31.6 Å². The Morgan fingerprint density at radius 2 is 2.29 bits per heavy atom. The van der Waals surface area contributed by atoms with E-state index < -0.39 is 4.92 Å². The standard InChI is InChI=1S/C13H17N5O3/c1-8(9-3-2-6-14-7-9)15-10-4-5-11(18(19)20)13-12(10)16-21-17-13/h4-5,8-9,14-15H,2-3,6-7H2,1H3. The van der Waals surface area contributed by atoms with Crippen LogP contribution in [0.4, 0.5) is 11.4 Å². The molecule has 0 bridgehead atoms. The predicted molar refractivity (Wildman–Crippen MR) is 77.1 cm³/mol. The lowest BCUT2D eigenvalue weighted by Gasteiger charge is -2.29. The van der Waals surface area contributed by atoms with Crippen LogP contribution in [0.25, 0.3) is 11.0 Å². The molecule has 2 heterocycles. The fraction of sp³-hybridized carbons (Fsp3) is 0.538. The highest BCUT2D eigenvalue weighted by Crippen LogP contribution is 2.30. The molecule has 1 fully saturated rings. The number of hydrogen-bond donors (Lipinski definition) is 2. The SMILES string of the molecule is CC(Nc1ccc([N+](=O)[O-])c2nonc12)C1CCCNC1. The number of benzene rings is 1. The van der Waals surface area contributed by atoms with E-state index in [1.165, 1.54) is 6.07 Å². The first-order valence-corrected chi connectivity index (χ1v) is 7.03. The molecule has 3 rings (SSSR count). The van der Waals surface area contributed by atoms with Gasteiger partial charge in [0, 0.05) is 12.1 Å². The van der Waals surface area contributed by atoms with Gasteiger partial charge in [0.05, 0.1) is 10.6 Å². The zero-order valence-electron chi connectivity index (χ0n) is 11.7. The number of non-ortho nitro benzene ring substituents is 1. The summed E-state index contributed by atoms with van der Waals surface area (Å²) in [6, 6.07) is 3.33. The van der Waals surface area contributed by atoms with E-state index in [2.05, 4.69) is 32.5 Å². The van der Waals surface area contributed by atoms with Crippen LogP contribution in [0, 0.1) is 16.0 Å². The van der Waals surface area contributed by atoms with Crippen molar-refractivity contribution in [3.63, 3.8) is 0 Å². The summed E-state index contributed by atoms with van der Waals surface area (Å²) in [6.45, 7) is 4.15. The molecule has 2 N–H and O–H groups in total. The van der Waals surface area contributed by atoms with Gasteiger partial charge in [-0.15, -0.1) is 0 Å². The Kier molecular flexibility index (Phi) is 3.70. The number of rotatable bonds is 4. The lowest BCUT2D eigenvalue weighted by Crippen LogP contribution is -2.38. The van der Waals surface area contributed by atoms with Crippen molar-refractivity contribution in [2.24, 2.45) is 5.92 Å². The fourth-order valence-electron chi connectivity index (χ4n) is 2.79. The largest absolute Gasteiger partial charge is 0.380 e. The van der Waals surface area contributed by atoms with Crippen molar-refractivity contribution in [1.29, 1.82) is 0 Å². The zero-order valence-corrected chi connectivity index (χ0v) is 11.7. The summed E-state index contributed by atoms with van der Waals surface area (Å²) in [5.74, 6) is 0.517. The number of aromatic nitrogens is 2. The van der Waals surface area contributed by atoms with Gasteiger partial charge in [0.1, 0.15) is 0 Å². The number of nitrogens with one attached hydrogen (secondary N) is 2. The molecule has 2 aromatic rings. The topological polar surface area (TPSA) is 106 Å². The maximum Gasteiger partial charge on any atom is 0.300 e. The zero-order chi connectivity index (χ0) is 14.8. The van der Waals surface area contributed by atoms with Crippen molar-refractivity contribution >= 4 is 22.4 Å². The van der Waals surface area contributed by atoms with Crippen LogP contribution in [0.3, 0.4) is 0 Å². The molecule has 0 amide bonds. The lowest BCUT2D eigenvalue weighted by molar-refractivity contribution is -0.383. The molecule has 1 aliphatic heterocycles. The Hall–Kier alpha value is -2.22. The normalized spacial score (nSPS) is 20.3. The number of nitro benzene ring substituents is 1. The van der Waals surface area contributed by atoms with Crippen LogP contribution in [-0.2, 0) is 0 Å². The molecule has 1 aliphatic rings. The summed E-state index contributed by atoms with van der Waals surface area (Å²) in [7, 11) is 0. The smallest absolute Gasteiger partial charge is 0.300 e. The molecule has 2 atom stereocenters. The van der Waals surface area contributed by atoms with Gasteiger partial charge in [-0.2, -0.15) is 0 Å². The third kappa shape index (κ3) is 2.66. The van der Waals surface area contributed by atoms with Gasteiger partial charge in [0.15, 0.2) is 5.52 Å². The first-order valence-electron chi connectivity index (χ1n) is 7.03. The Bertz CT molecular complexity index is 650. The van der Waals surface area contributed by atoms with E-state index in [9.17, 15) is 10.1 Å². The number of anilines is 1. The summed E-state index contributed by atoms with van der Waals surface area (Å²) >= 11 is 0. The van der Waals surface area contributed by atoms with Gasteiger partial charge in [-0.3, -0.25) is 10.1 Å². The molecular weight excluding hydrogens is 274 g/mol. The van der Waals surface area contributed by atoms with Gasteiger partial charge in [0.25, 0.3) is 0 Å². The van der Waals surface area contributed by atoms with Crippen LogP contribution in [0.15, 0.2) is 16.8 Å². The van der Waals surface area contributed by atoms with Crippen molar-refractivity contribution in [3.8, 4) is 0 Å². The van der Waals surface area contributed by atoms with E-state index >= 15 is 0 Å². The van der Waals surface area contributed by atoms with Gasteiger partial charge >= 0.3 is 5.69 Å². The summed E-state index contributed by atoms with van der Waals surface area (Å²) in [5, 5.41) is 25.2. The van der Waals surface area contributed by atoms with Gasteiger partial charge in [-0.1, -0.05) is 0 Å². The number of nitro groups is 1. The Morgan fingerprint density at radius 3 is 3.00 bits per heavy atom. The van der Waals surface area contributed by atoms with Crippen LogP contribution in [0.5, 0.6) is 0 Å². The minimum Gasteiger partial charge on any atom is -0.380 e. The minimum atomic E-state index is -0.481. The quantitative estimate of drug-likeness (QED) is 0.654. The van der Waals surface area contributed by atoms with Crippen LogP contribution < -0.4 is 10.6 Å². The third-order valence-corrected chi connectivity index (χ3v) is 4.02. The van der Waals surface area contributed by atoms with Crippen molar-refractivity contribution in [2.45, 2.75) is 25.8 Å². The average molecular weight is 291 g/mol. The van der Waals surface area contributed by atoms with Gasteiger partial charge in [-0.25, -0.2) is 4.63 Å². The van der Waals surface area contributed by atoms with Gasteiger partial charge < -0.3 is 10.6 Å². The maximum absolute atomic E-state index is 11.0. The molecule has 8 heteroatoms. The molecule has 21 heavy (non-hydrogen) atoms. The molecule has 1 aromatic heterocycles.